The molecule has 186 valence electrons. The Balaban J connectivity index is 1.76. The van der Waals surface area contributed by atoms with Crippen molar-refractivity contribution in [2.75, 3.05) is 37.9 Å². The number of rotatable bonds is 8. The number of ether oxygens (including phenoxy) is 2. The first-order valence-corrected chi connectivity index (χ1v) is 11.4. The van der Waals surface area contributed by atoms with Crippen molar-refractivity contribution in [3.8, 4) is 17.2 Å². The molecule has 2 aromatic carbocycles. The molecule has 0 saturated heterocycles. The fourth-order valence-electron chi connectivity index (χ4n) is 3.37. The monoisotopic (exact) mass is 479 g/mol. The summed E-state index contributed by atoms with van der Waals surface area (Å²) in [6.07, 6.45) is 0. The minimum absolute atomic E-state index is 0.131. The molecule has 2 N–H and O–H groups in total. The molecular formula is C26H33N5O4. The molecule has 0 bridgehead atoms. The average Bonchev–Trinajstić information content (AvgIpc) is 3.26. The summed E-state index contributed by atoms with van der Waals surface area (Å²) in [5, 5.41) is 10.4. The zero-order chi connectivity index (χ0) is 25.6. The highest BCUT2D eigenvalue weighted by Gasteiger charge is 2.23. The fourth-order valence-corrected chi connectivity index (χ4v) is 3.37. The number of hydrogen-bond acceptors (Lipinski definition) is 5. The Morgan fingerprint density at radius 1 is 0.971 bits per heavy atom. The molecule has 9 heteroatoms. The van der Waals surface area contributed by atoms with Gasteiger partial charge in [0.1, 0.15) is 23.9 Å². The maximum atomic E-state index is 13.0. The number of urea groups is 1. The summed E-state index contributed by atoms with van der Waals surface area (Å²) < 4.78 is 12.2. The molecule has 0 unspecified atom stereocenters. The molecule has 9 nitrogen and oxygen atoms in total. The van der Waals surface area contributed by atoms with E-state index in [1.807, 2.05) is 43.3 Å². The van der Waals surface area contributed by atoms with E-state index in [1.54, 1.807) is 22.9 Å². The van der Waals surface area contributed by atoms with Gasteiger partial charge >= 0.3 is 6.03 Å². The number of methoxy groups -OCH3 is 2. The Labute approximate surface area is 206 Å². The van der Waals surface area contributed by atoms with Crippen molar-refractivity contribution in [3.05, 3.63) is 60.3 Å². The normalized spacial score (nSPS) is 11.0. The maximum absolute atomic E-state index is 13.0. The summed E-state index contributed by atoms with van der Waals surface area (Å²) in [7, 11) is 3.07. The van der Waals surface area contributed by atoms with Crippen molar-refractivity contribution in [3.63, 3.8) is 0 Å². The summed E-state index contributed by atoms with van der Waals surface area (Å²) >= 11 is 0. The van der Waals surface area contributed by atoms with Crippen molar-refractivity contribution in [2.24, 2.45) is 0 Å². The van der Waals surface area contributed by atoms with Crippen molar-refractivity contribution >= 4 is 23.4 Å². The van der Waals surface area contributed by atoms with Gasteiger partial charge in [-0.25, -0.2) is 9.48 Å². The highest BCUT2D eigenvalue weighted by molar-refractivity contribution is 5.97. The third-order valence-electron chi connectivity index (χ3n) is 5.35. The molecule has 1 aromatic heterocycles. The smallest absolute Gasteiger partial charge is 0.322 e. The van der Waals surface area contributed by atoms with Crippen LogP contribution in [0.5, 0.6) is 11.5 Å². The average molecular weight is 480 g/mol. The zero-order valence-corrected chi connectivity index (χ0v) is 21.1. The van der Waals surface area contributed by atoms with Crippen molar-refractivity contribution < 1.29 is 19.1 Å². The number of hydrogen-bond donors (Lipinski definition) is 2. The van der Waals surface area contributed by atoms with E-state index in [9.17, 15) is 9.59 Å². The van der Waals surface area contributed by atoms with E-state index in [-0.39, 0.29) is 17.9 Å². The number of benzene rings is 2. The van der Waals surface area contributed by atoms with Crippen LogP contribution in [0.3, 0.4) is 0 Å². The zero-order valence-electron chi connectivity index (χ0n) is 21.1. The molecule has 0 fully saturated rings. The van der Waals surface area contributed by atoms with E-state index in [4.69, 9.17) is 14.6 Å². The van der Waals surface area contributed by atoms with E-state index < -0.39 is 6.03 Å². The second-order valence-corrected chi connectivity index (χ2v) is 9.01. The predicted molar refractivity (Wildman–Crippen MR) is 137 cm³/mol. The SMILES string of the molecule is CCN(CC(=O)Nc1cc(C(C)(C)C)nn1-c1ccccc1)C(=O)Nc1cc(OC)cc(OC)c1. The van der Waals surface area contributed by atoms with Crippen LogP contribution in [0.2, 0.25) is 0 Å². The Bertz CT molecular complexity index is 1150. The van der Waals surface area contributed by atoms with Crippen LogP contribution in [0.15, 0.2) is 54.6 Å². The molecule has 3 aromatic rings. The van der Waals surface area contributed by atoms with Gasteiger partial charge in [0.25, 0.3) is 0 Å². The molecule has 0 spiro atoms. The van der Waals surface area contributed by atoms with Crippen LogP contribution in [0.1, 0.15) is 33.4 Å². The number of likely N-dealkylation sites (N-methyl/N-ethyl adjacent to an activating group) is 1. The maximum Gasteiger partial charge on any atom is 0.322 e. The van der Waals surface area contributed by atoms with Gasteiger partial charge < -0.3 is 25.0 Å². The van der Waals surface area contributed by atoms with E-state index in [2.05, 4.69) is 31.4 Å². The summed E-state index contributed by atoms with van der Waals surface area (Å²) in [5.41, 5.74) is 1.97. The van der Waals surface area contributed by atoms with Crippen LogP contribution in [-0.4, -0.2) is 53.9 Å². The molecule has 0 atom stereocenters. The molecule has 0 aliphatic carbocycles. The summed E-state index contributed by atoms with van der Waals surface area (Å²) in [4.78, 5) is 27.3. The number of carbonyl (C=O) groups is 2. The highest BCUT2D eigenvalue weighted by Crippen LogP contribution is 2.27. The quantitative estimate of drug-likeness (QED) is 0.489. The third kappa shape index (κ3) is 6.53. The van der Waals surface area contributed by atoms with Crippen LogP contribution < -0.4 is 20.1 Å². The lowest BCUT2D eigenvalue weighted by atomic mass is 9.92. The van der Waals surface area contributed by atoms with E-state index in [1.165, 1.54) is 19.1 Å². The first kappa shape index (κ1) is 25.6. The first-order chi connectivity index (χ1) is 16.6. The molecule has 3 amide bonds. The van der Waals surface area contributed by atoms with E-state index >= 15 is 0 Å². The standard InChI is InChI=1S/C26H33N5O4/c1-7-30(25(33)27-18-13-20(34-5)15-21(14-18)35-6)17-24(32)28-23-16-22(26(2,3)4)29-31(23)19-11-9-8-10-12-19/h8-16H,7,17H2,1-6H3,(H,27,33)(H,28,32). The summed E-state index contributed by atoms with van der Waals surface area (Å²) in [6.45, 7) is 8.21. The molecule has 0 radical (unpaired) electrons. The van der Waals surface area contributed by atoms with Gasteiger partial charge in [-0.05, 0) is 19.1 Å². The van der Waals surface area contributed by atoms with Gasteiger partial charge in [-0.3, -0.25) is 4.79 Å². The Hall–Kier alpha value is -4.01. The summed E-state index contributed by atoms with van der Waals surface area (Å²) in [6, 6.07) is 16.1. The Morgan fingerprint density at radius 2 is 1.60 bits per heavy atom. The lowest BCUT2D eigenvalue weighted by molar-refractivity contribution is -0.116. The molecule has 1 heterocycles. The van der Waals surface area contributed by atoms with Crippen LogP contribution in [0, 0.1) is 0 Å². The van der Waals surface area contributed by atoms with E-state index in [0.29, 0.717) is 29.5 Å². The van der Waals surface area contributed by atoms with Gasteiger partial charge in [-0.2, -0.15) is 5.10 Å². The highest BCUT2D eigenvalue weighted by atomic mass is 16.5. The minimum atomic E-state index is -0.412. The second-order valence-electron chi connectivity index (χ2n) is 9.01. The number of nitrogens with one attached hydrogen (secondary N) is 2. The Kier molecular flexibility index (Phi) is 8.01. The van der Waals surface area contributed by atoms with Gasteiger partial charge in [0.05, 0.1) is 25.6 Å². The lowest BCUT2D eigenvalue weighted by Crippen LogP contribution is -2.40. The predicted octanol–water partition coefficient (Wildman–Crippen LogP) is 4.68. The molecule has 0 aliphatic heterocycles. The molecular weight excluding hydrogens is 446 g/mol. The van der Waals surface area contributed by atoms with Gasteiger partial charge in [-0.15, -0.1) is 0 Å². The van der Waals surface area contributed by atoms with Crippen molar-refractivity contribution in [1.82, 2.24) is 14.7 Å². The molecule has 3 rings (SSSR count). The fraction of sp³-hybridized carbons (Fsp3) is 0.346. The van der Waals surface area contributed by atoms with Gasteiger partial charge in [0, 0.05) is 41.9 Å². The number of nitrogens with zero attached hydrogens (tertiary/aromatic N) is 3. The third-order valence-corrected chi connectivity index (χ3v) is 5.35. The number of amides is 3. The van der Waals surface area contributed by atoms with Gasteiger partial charge in [-0.1, -0.05) is 39.0 Å². The number of anilines is 2. The molecule has 0 saturated carbocycles. The minimum Gasteiger partial charge on any atom is -0.497 e. The Morgan fingerprint density at radius 3 is 2.14 bits per heavy atom. The largest absolute Gasteiger partial charge is 0.497 e. The topological polar surface area (TPSA) is 97.7 Å². The van der Waals surface area contributed by atoms with Crippen LogP contribution in [0.4, 0.5) is 16.3 Å². The summed E-state index contributed by atoms with van der Waals surface area (Å²) in [5.74, 6) is 1.30. The van der Waals surface area contributed by atoms with Crippen LogP contribution >= 0.6 is 0 Å². The lowest BCUT2D eigenvalue weighted by Gasteiger charge is -2.21. The molecule has 35 heavy (non-hydrogen) atoms. The van der Waals surface area contributed by atoms with Crippen LogP contribution in [0.25, 0.3) is 5.69 Å². The number of para-hydroxylation sites is 1. The first-order valence-electron chi connectivity index (χ1n) is 11.4. The van der Waals surface area contributed by atoms with Crippen molar-refractivity contribution in [2.45, 2.75) is 33.1 Å². The van der Waals surface area contributed by atoms with Crippen molar-refractivity contribution in [1.29, 1.82) is 0 Å². The number of carbonyl (C=O) groups excluding carboxylic acids is 2. The molecule has 0 aliphatic rings. The van der Waals surface area contributed by atoms with Gasteiger partial charge in [0.2, 0.25) is 5.91 Å². The van der Waals surface area contributed by atoms with Gasteiger partial charge in [0.15, 0.2) is 0 Å². The van der Waals surface area contributed by atoms with Crippen LogP contribution in [-0.2, 0) is 10.2 Å². The van der Waals surface area contributed by atoms with E-state index in [0.717, 1.165) is 11.4 Å². The number of aromatic nitrogens is 2. The second kappa shape index (κ2) is 10.9.